The Morgan fingerprint density at radius 2 is 1.48 bits per heavy atom. The van der Waals surface area contributed by atoms with E-state index in [2.05, 4.69) is 38.3 Å². The van der Waals surface area contributed by atoms with Crippen LogP contribution in [-0.2, 0) is 0 Å². The molecule has 0 aromatic heterocycles. The molecule has 0 fully saturated rings. The van der Waals surface area contributed by atoms with Crippen molar-refractivity contribution < 1.29 is 0 Å². The Kier molecular flexibility index (Phi) is 9.84. The molecule has 0 bridgehead atoms. The highest BCUT2D eigenvalue weighted by Gasteiger charge is 2.29. The number of unbranched alkanes of at least 4 members (excludes halogenated alkanes) is 3. The molecule has 0 aliphatic heterocycles. The lowest BCUT2D eigenvalue weighted by Crippen LogP contribution is -2.32. The number of rotatable bonds is 9. The topological polar surface area (TPSA) is 0 Å². The monoisotopic (exact) mass is 304 g/mol. The van der Waals surface area contributed by atoms with Gasteiger partial charge in [-0.1, -0.05) is 71.3 Å². The van der Waals surface area contributed by atoms with Gasteiger partial charge in [-0.15, -0.1) is 5.54 Å². The van der Waals surface area contributed by atoms with E-state index in [4.69, 9.17) is 0 Å². The molecule has 0 spiro atoms. The maximum Gasteiger partial charge on any atom is 0.138 e. The molecule has 21 heavy (non-hydrogen) atoms. The van der Waals surface area contributed by atoms with E-state index in [9.17, 15) is 0 Å². The second-order valence-electron chi connectivity index (χ2n) is 6.82. The fourth-order valence-electron chi connectivity index (χ4n) is 3.27. The molecule has 0 nitrogen and oxygen atoms in total. The minimum absolute atomic E-state index is 1.24. The molecule has 0 N–H and O–H groups in total. The van der Waals surface area contributed by atoms with Gasteiger partial charge in [-0.25, -0.2) is 0 Å². The van der Waals surface area contributed by atoms with Crippen LogP contribution in [0.25, 0.3) is 0 Å². The van der Waals surface area contributed by atoms with E-state index >= 15 is 0 Å². The van der Waals surface area contributed by atoms with Gasteiger partial charge in [0.25, 0.3) is 0 Å². The van der Waals surface area contributed by atoms with Gasteiger partial charge in [-0.3, -0.25) is 0 Å². The maximum absolute atomic E-state index is 3.93. The second-order valence-corrected chi connectivity index (χ2v) is 11.1. The Balaban J connectivity index is 2.83. The first-order valence-electron chi connectivity index (χ1n) is 9.48. The molecule has 0 saturated heterocycles. The molecule has 0 unspecified atom stereocenters. The van der Waals surface area contributed by atoms with Gasteiger partial charge in [0.05, 0.1) is 0 Å². The Morgan fingerprint density at radius 3 is 1.90 bits per heavy atom. The van der Waals surface area contributed by atoms with Crippen LogP contribution in [0.1, 0.15) is 85.0 Å². The molecule has 120 valence electrons. The van der Waals surface area contributed by atoms with Crippen LogP contribution in [0, 0.1) is 11.5 Å². The fraction of sp³-hybridized carbons (Fsp3) is 0.800. The summed E-state index contributed by atoms with van der Waals surface area (Å²) in [5.41, 5.74) is 5.39. The molecular weight excluding hydrogens is 268 g/mol. The van der Waals surface area contributed by atoms with E-state index < -0.39 is 8.07 Å². The minimum Gasteiger partial charge on any atom is -0.126 e. The van der Waals surface area contributed by atoms with Gasteiger partial charge in [0.1, 0.15) is 8.07 Å². The van der Waals surface area contributed by atoms with E-state index in [1.54, 1.807) is 0 Å². The molecule has 0 radical (unpaired) electrons. The van der Waals surface area contributed by atoms with Crippen molar-refractivity contribution in [1.29, 1.82) is 0 Å². The molecule has 0 amide bonds. The van der Waals surface area contributed by atoms with Gasteiger partial charge in [0.2, 0.25) is 0 Å². The van der Waals surface area contributed by atoms with Crippen molar-refractivity contribution in [2.75, 3.05) is 0 Å². The Bertz CT molecular complexity index is 334. The van der Waals surface area contributed by atoms with Gasteiger partial charge in [0.15, 0.2) is 0 Å². The summed E-state index contributed by atoms with van der Waals surface area (Å²) in [7, 11) is -1.34. The van der Waals surface area contributed by atoms with Gasteiger partial charge >= 0.3 is 0 Å². The van der Waals surface area contributed by atoms with Crippen molar-refractivity contribution in [3.05, 3.63) is 11.6 Å². The van der Waals surface area contributed by atoms with E-state index in [0.717, 1.165) is 0 Å². The minimum atomic E-state index is -1.34. The van der Waals surface area contributed by atoms with Crippen LogP contribution in [0.4, 0.5) is 0 Å². The fourth-order valence-corrected chi connectivity index (χ4v) is 7.91. The summed E-state index contributed by atoms with van der Waals surface area (Å²) in [5.74, 6) is 3.66. The summed E-state index contributed by atoms with van der Waals surface area (Å²) in [6.45, 7) is 6.99. The highest BCUT2D eigenvalue weighted by molar-refractivity contribution is 6.87. The Labute approximate surface area is 134 Å². The molecular formula is C20H36Si. The average molecular weight is 305 g/mol. The largest absolute Gasteiger partial charge is 0.138 e. The summed E-state index contributed by atoms with van der Waals surface area (Å²) in [6.07, 6.45) is 15.8. The highest BCUT2D eigenvalue weighted by Crippen LogP contribution is 2.28. The van der Waals surface area contributed by atoms with E-state index in [-0.39, 0.29) is 0 Å². The van der Waals surface area contributed by atoms with E-state index in [1.165, 1.54) is 87.9 Å². The van der Waals surface area contributed by atoms with E-state index in [1.807, 2.05) is 0 Å². The highest BCUT2D eigenvalue weighted by atomic mass is 28.3. The van der Waals surface area contributed by atoms with Gasteiger partial charge in [-0.05, 0) is 49.4 Å². The predicted molar refractivity (Wildman–Crippen MR) is 99.2 cm³/mol. The molecule has 1 rings (SSSR count). The molecule has 0 saturated carbocycles. The zero-order valence-electron chi connectivity index (χ0n) is 14.8. The Hall–Kier alpha value is -0.483. The molecule has 0 aromatic rings. The van der Waals surface area contributed by atoms with Crippen LogP contribution in [-0.4, -0.2) is 8.07 Å². The summed E-state index contributed by atoms with van der Waals surface area (Å²) in [6, 6.07) is 4.34. The van der Waals surface area contributed by atoms with Crippen LogP contribution in [0.5, 0.6) is 0 Å². The third kappa shape index (κ3) is 7.36. The maximum atomic E-state index is 3.93. The quantitative estimate of drug-likeness (QED) is 0.322. The average Bonchev–Trinajstić information content (AvgIpc) is 2.54. The van der Waals surface area contributed by atoms with Crippen molar-refractivity contribution in [3.8, 4) is 11.5 Å². The first-order chi connectivity index (χ1) is 10.3. The lowest BCUT2D eigenvalue weighted by atomic mass is 10.0. The molecule has 1 aliphatic rings. The molecule has 1 aliphatic carbocycles. The molecule has 1 heteroatoms. The van der Waals surface area contributed by atoms with Crippen LogP contribution in [0.2, 0.25) is 18.1 Å². The third-order valence-electron chi connectivity index (χ3n) is 4.81. The SMILES string of the molecule is CCCC[Si](C#CC1=CCCCC1)(CCCC)CCCC. The molecule has 0 atom stereocenters. The van der Waals surface area contributed by atoms with Crippen LogP contribution in [0.15, 0.2) is 11.6 Å². The molecule has 0 aromatic carbocycles. The predicted octanol–water partition coefficient (Wildman–Crippen LogP) is 6.88. The molecule has 0 heterocycles. The third-order valence-corrected chi connectivity index (χ3v) is 9.39. The standard InChI is InChI=1S/C20H36Si/c1-4-7-16-21(17-8-5-2,18-9-6-3)19-15-20-13-11-10-12-14-20/h13H,4-12,14,16-18H2,1-3H3. The zero-order chi connectivity index (χ0) is 15.4. The summed E-state index contributed by atoms with van der Waals surface area (Å²) in [5, 5.41) is 0. The van der Waals surface area contributed by atoms with Gasteiger partial charge < -0.3 is 0 Å². The van der Waals surface area contributed by atoms with Crippen LogP contribution in [0.3, 0.4) is 0 Å². The lowest BCUT2D eigenvalue weighted by Gasteiger charge is -2.26. The first-order valence-corrected chi connectivity index (χ1v) is 12.1. The Morgan fingerprint density at radius 1 is 0.905 bits per heavy atom. The van der Waals surface area contributed by atoms with Gasteiger partial charge in [0, 0.05) is 0 Å². The zero-order valence-corrected chi connectivity index (χ0v) is 15.8. The normalized spacial score (nSPS) is 15.3. The van der Waals surface area contributed by atoms with Crippen molar-refractivity contribution >= 4 is 8.07 Å². The smallest absolute Gasteiger partial charge is 0.126 e. The van der Waals surface area contributed by atoms with Crippen LogP contribution >= 0.6 is 0 Å². The number of allylic oxidation sites excluding steroid dienone is 2. The van der Waals surface area contributed by atoms with Crippen molar-refractivity contribution in [2.45, 2.75) is 103 Å². The number of hydrogen-bond donors (Lipinski definition) is 0. The summed E-state index contributed by atoms with van der Waals surface area (Å²) in [4.78, 5) is 0. The van der Waals surface area contributed by atoms with Crippen molar-refractivity contribution in [2.24, 2.45) is 0 Å². The van der Waals surface area contributed by atoms with Crippen LogP contribution < -0.4 is 0 Å². The first kappa shape index (κ1) is 18.6. The summed E-state index contributed by atoms with van der Waals surface area (Å²) < 4.78 is 0. The van der Waals surface area contributed by atoms with Crippen molar-refractivity contribution in [1.82, 2.24) is 0 Å². The lowest BCUT2D eigenvalue weighted by molar-refractivity contribution is 0.715. The van der Waals surface area contributed by atoms with Crippen molar-refractivity contribution in [3.63, 3.8) is 0 Å². The van der Waals surface area contributed by atoms with Gasteiger partial charge in [-0.2, -0.15) is 0 Å². The second kappa shape index (κ2) is 11.1. The number of hydrogen-bond acceptors (Lipinski definition) is 0. The van der Waals surface area contributed by atoms with E-state index in [0.29, 0.717) is 0 Å². The summed E-state index contributed by atoms with van der Waals surface area (Å²) >= 11 is 0.